The second-order valence-corrected chi connectivity index (χ2v) is 6.72. The summed E-state index contributed by atoms with van der Waals surface area (Å²) in [5.41, 5.74) is 2.38. The van der Waals surface area contributed by atoms with E-state index in [0.717, 1.165) is 19.8 Å². The number of aliphatic hydroxyl groups is 1. The Morgan fingerprint density at radius 1 is 1.04 bits per heavy atom. The second-order valence-electron chi connectivity index (χ2n) is 6.72. The van der Waals surface area contributed by atoms with E-state index in [-0.39, 0.29) is 0 Å². The largest absolute Gasteiger partial charge is 0.390 e. The molecule has 2 aromatic carbocycles. The highest BCUT2D eigenvalue weighted by Crippen LogP contribution is 2.28. The average molecular weight is 324 g/mol. The molecule has 0 bridgehead atoms. The van der Waals surface area contributed by atoms with Crippen LogP contribution in [0.25, 0.3) is 21.8 Å². The predicted molar refractivity (Wildman–Crippen MR) is 97.3 cm³/mol. The molecule has 0 radical (unpaired) electrons. The van der Waals surface area contributed by atoms with E-state index in [1.165, 1.54) is 21.8 Å². The number of ether oxygens (including phenoxy) is 1. The van der Waals surface area contributed by atoms with Crippen molar-refractivity contribution in [3.05, 3.63) is 48.5 Å². The lowest BCUT2D eigenvalue weighted by atomic mass is 10.2. The van der Waals surface area contributed by atoms with Crippen LogP contribution < -0.4 is 0 Å². The van der Waals surface area contributed by atoms with Crippen LogP contribution in [0.15, 0.2) is 48.5 Å². The molecule has 3 aromatic rings. The lowest BCUT2D eigenvalue weighted by Crippen LogP contribution is -2.47. The van der Waals surface area contributed by atoms with Gasteiger partial charge in [0, 0.05) is 40.9 Å². The van der Waals surface area contributed by atoms with Gasteiger partial charge in [-0.05, 0) is 19.1 Å². The number of morpholine rings is 1. The van der Waals surface area contributed by atoms with Crippen LogP contribution in [-0.2, 0) is 11.3 Å². The lowest BCUT2D eigenvalue weighted by Gasteiger charge is -2.34. The van der Waals surface area contributed by atoms with E-state index in [4.69, 9.17) is 4.74 Å². The fraction of sp³-hybridized carbons (Fsp3) is 0.400. The number of hydrogen-bond acceptors (Lipinski definition) is 3. The molecule has 2 atom stereocenters. The normalized spacial score (nSPS) is 20.7. The van der Waals surface area contributed by atoms with Crippen LogP contribution in [0.3, 0.4) is 0 Å². The molecule has 4 heteroatoms. The maximum atomic E-state index is 10.7. The van der Waals surface area contributed by atoms with Crippen molar-refractivity contribution in [2.24, 2.45) is 0 Å². The highest BCUT2D eigenvalue weighted by molar-refractivity contribution is 6.07. The Balaban J connectivity index is 1.63. The Labute approximate surface area is 142 Å². The van der Waals surface area contributed by atoms with Crippen molar-refractivity contribution in [2.45, 2.75) is 25.6 Å². The quantitative estimate of drug-likeness (QED) is 0.802. The number of aliphatic hydroxyl groups excluding tert-OH is 1. The number of β-amino-alcohol motifs (C(OH)–C–C–N with tert-alkyl or cyclic N) is 1. The minimum Gasteiger partial charge on any atom is -0.390 e. The number of aromatic nitrogens is 1. The Bertz CT molecular complexity index is 789. The smallest absolute Gasteiger partial charge is 0.0846 e. The van der Waals surface area contributed by atoms with Crippen molar-refractivity contribution in [1.82, 2.24) is 9.47 Å². The van der Waals surface area contributed by atoms with Gasteiger partial charge < -0.3 is 14.4 Å². The van der Waals surface area contributed by atoms with Crippen LogP contribution in [0, 0.1) is 0 Å². The van der Waals surface area contributed by atoms with Crippen LogP contribution in [-0.4, -0.2) is 53.0 Å². The first kappa shape index (κ1) is 15.6. The molecule has 0 spiro atoms. The molecule has 4 nitrogen and oxygen atoms in total. The predicted octanol–water partition coefficient (Wildman–Crippen LogP) is 2.88. The summed E-state index contributed by atoms with van der Waals surface area (Å²) in [7, 11) is 0. The molecule has 1 aliphatic heterocycles. The van der Waals surface area contributed by atoms with Crippen molar-refractivity contribution < 1.29 is 9.84 Å². The summed E-state index contributed by atoms with van der Waals surface area (Å²) >= 11 is 0. The van der Waals surface area contributed by atoms with Gasteiger partial charge in [0.2, 0.25) is 0 Å². The molecule has 0 aliphatic carbocycles. The summed E-state index contributed by atoms with van der Waals surface area (Å²) in [4.78, 5) is 2.32. The summed E-state index contributed by atoms with van der Waals surface area (Å²) in [6.45, 7) is 5.86. The van der Waals surface area contributed by atoms with Crippen molar-refractivity contribution >= 4 is 21.8 Å². The Morgan fingerprint density at radius 2 is 1.67 bits per heavy atom. The van der Waals surface area contributed by atoms with Crippen LogP contribution >= 0.6 is 0 Å². The van der Waals surface area contributed by atoms with Crippen LogP contribution in [0.4, 0.5) is 0 Å². The molecule has 1 aromatic heterocycles. The molecule has 1 saturated heterocycles. The van der Waals surface area contributed by atoms with Crippen molar-refractivity contribution in [3.8, 4) is 0 Å². The van der Waals surface area contributed by atoms with Gasteiger partial charge in [-0.3, -0.25) is 4.90 Å². The summed E-state index contributed by atoms with van der Waals surface area (Å²) in [6, 6.07) is 17.2. The van der Waals surface area contributed by atoms with E-state index < -0.39 is 6.10 Å². The molecule has 126 valence electrons. The Hall–Kier alpha value is -1.88. The van der Waals surface area contributed by atoms with Crippen LogP contribution in [0.5, 0.6) is 0 Å². The third kappa shape index (κ3) is 2.81. The minimum atomic E-state index is -0.398. The molecule has 1 N–H and O–H groups in total. The number of hydrogen-bond donors (Lipinski definition) is 1. The van der Waals surface area contributed by atoms with E-state index in [9.17, 15) is 5.11 Å². The monoisotopic (exact) mass is 324 g/mol. The lowest BCUT2D eigenvalue weighted by molar-refractivity contribution is -0.0218. The van der Waals surface area contributed by atoms with E-state index in [1.54, 1.807) is 0 Å². The molecule has 0 amide bonds. The van der Waals surface area contributed by atoms with Gasteiger partial charge in [0.25, 0.3) is 0 Å². The zero-order valence-corrected chi connectivity index (χ0v) is 14.1. The summed E-state index contributed by atoms with van der Waals surface area (Å²) in [5, 5.41) is 13.2. The molecule has 24 heavy (non-hydrogen) atoms. The topological polar surface area (TPSA) is 37.6 Å². The number of benzene rings is 2. The maximum Gasteiger partial charge on any atom is 0.0846 e. The fourth-order valence-corrected chi connectivity index (χ4v) is 3.77. The van der Waals surface area contributed by atoms with E-state index in [0.29, 0.717) is 19.1 Å². The third-order valence-electron chi connectivity index (χ3n) is 5.02. The summed E-state index contributed by atoms with van der Waals surface area (Å²) in [6.07, 6.45) is -0.398. The average Bonchev–Trinajstić information content (AvgIpc) is 2.92. The zero-order valence-electron chi connectivity index (χ0n) is 14.1. The van der Waals surface area contributed by atoms with E-state index in [2.05, 4.69) is 64.9 Å². The van der Waals surface area contributed by atoms with Gasteiger partial charge in [-0.2, -0.15) is 0 Å². The first-order valence-corrected chi connectivity index (χ1v) is 8.70. The fourth-order valence-electron chi connectivity index (χ4n) is 3.77. The molecular formula is C20H24N2O2. The highest BCUT2D eigenvalue weighted by atomic mass is 16.5. The maximum absolute atomic E-state index is 10.7. The molecule has 1 aliphatic rings. The zero-order chi connectivity index (χ0) is 16.5. The minimum absolute atomic E-state index is 0.367. The first-order valence-electron chi connectivity index (χ1n) is 8.70. The van der Waals surface area contributed by atoms with Gasteiger partial charge in [0.15, 0.2) is 0 Å². The van der Waals surface area contributed by atoms with Gasteiger partial charge in [0.05, 0.1) is 25.9 Å². The molecule has 4 rings (SSSR count). The van der Waals surface area contributed by atoms with E-state index >= 15 is 0 Å². The van der Waals surface area contributed by atoms with Gasteiger partial charge >= 0.3 is 0 Å². The highest BCUT2D eigenvalue weighted by Gasteiger charge is 2.22. The Kier molecular flexibility index (Phi) is 4.27. The molecule has 0 unspecified atom stereocenters. The molecule has 0 saturated carbocycles. The number of rotatable bonds is 4. The molecule has 1 fully saturated rings. The standard InChI is InChI=1S/C20H24N2O2/c1-15-14-24-11-10-21(15)12-16(23)13-22-19-8-4-2-6-17(19)18-7-3-5-9-20(18)22/h2-9,15-16,23H,10-14H2,1H3/t15-,16-/m0/s1. The number of nitrogens with zero attached hydrogens (tertiary/aromatic N) is 2. The SMILES string of the molecule is C[C@H]1COCCN1C[C@H](O)Cn1c2ccccc2c2ccccc21. The number of fused-ring (bicyclic) bond motifs is 3. The summed E-state index contributed by atoms with van der Waals surface area (Å²) in [5.74, 6) is 0. The van der Waals surface area contributed by atoms with Gasteiger partial charge in [-0.1, -0.05) is 36.4 Å². The van der Waals surface area contributed by atoms with Gasteiger partial charge in [-0.15, -0.1) is 0 Å². The number of para-hydroxylation sites is 2. The van der Waals surface area contributed by atoms with Crippen LogP contribution in [0.2, 0.25) is 0 Å². The molecule has 2 heterocycles. The van der Waals surface area contributed by atoms with Crippen molar-refractivity contribution in [2.75, 3.05) is 26.3 Å². The third-order valence-corrected chi connectivity index (χ3v) is 5.02. The second kappa shape index (κ2) is 6.55. The molecular weight excluding hydrogens is 300 g/mol. The van der Waals surface area contributed by atoms with Crippen LogP contribution in [0.1, 0.15) is 6.92 Å². The van der Waals surface area contributed by atoms with Gasteiger partial charge in [0.1, 0.15) is 0 Å². The summed E-state index contributed by atoms with van der Waals surface area (Å²) < 4.78 is 7.74. The van der Waals surface area contributed by atoms with Crippen molar-refractivity contribution in [1.29, 1.82) is 0 Å². The first-order chi connectivity index (χ1) is 11.7. The Morgan fingerprint density at radius 3 is 2.29 bits per heavy atom. The van der Waals surface area contributed by atoms with Crippen molar-refractivity contribution in [3.63, 3.8) is 0 Å². The van der Waals surface area contributed by atoms with E-state index in [1.807, 2.05) is 0 Å². The van der Waals surface area contributed by atoms with Gasteiger partial charge in [-0.25, -0.2) is 0 Å².